The highest BCUT2D eigenvalue weighted by atomic mass is 127. The maximum absolute atomic E-state index is 13.3. The number of carbonyl (C=O) groups is 1. The first-order chi connectivity index (χ1) is 8.04. The van der Waals surface area contributed by atoms with Gasteiger partial charge in [0, 0.05) is 12.6 Å². The zero-order valence-electron chi connectivity index (χ0n) is 9.43. The number of hydrogen-bond acceptors (Lipinski definition) is 4. The van der Waals surface area contributed by atoms with Crippen LogP contribution in [0.15, 0.2) is 12.1 Å². The zero-order valence-corrected chi connectivity index (χ0v) is 11.6. The summed E-state index contributed by atoms with van der Waals surface area (Å²) in [6.45, 7) is 2.47. The molecule has 0 fully saturated rings. The van der Waals surface area contributed by atoms with E-state index in [1.807, 2.05) is 22.6 Å². The third-order valence-corrected chi connectivity index (χ3v) is 2.87. The number of nitrogens with two attached hydrogens (primary N) is 1. The number of rotatable bonds is 5. The molecule has 0 saturated carbocycles. The molecule has 0 aliphatic carbocycles. The van der Waals surface area contributed by atoms with Crippen LogP contribution in [0.4, 0.5) is 15.8 Å². The molecule has 1 aromatic rings. The molecule has 0 spiro atoms. The highest BCUT2D eigenvalue weighted by molar-refractivity contribution is 14.1. The van der Waals surface area contributed by atoms with Gasteiger partial charge in [0.1, 0.15) is 5.82 Å². The molecular weight excluding hydrogens is 338 g/mol. The standard InChI is InChI=1S/C11H14FIN2O2/c1-2-17-11(16)3-4-15-10-5-7(12)8(13)6-9(10)14/h5-6,15H,2-4,14H2,1H3. The van der Waals surface area contributed by atoms with Gasteiger partial charge >= 0.3 is 5.97 Å². The summed E-state index contributed by atoms with van der Waals surface area (Å²) in [5.41, 5.74) is 6.67. The maximum atomic E-state index is 13.3. The van der Waals surface area contributed by atoms with E-state index >= 15 is 0 Å². The Kier molecular flexibility index (Phi) is 5.46. The molecule has 3 N–H and O–H groups in total. The van der Waals surface area contributed by atoms with Gasteiger partial charge in [0.15, 0.2) is 0 Å². The van der Waals surface area contributed by atoms with Crippen molar-refractivity contribution in [3.8, 4) is 0 Å². The molecule has 0 heterocycles. The second kappa shape index (κ2) is 6.63. The van der Waals surface area contributed by atoms with Gasteiger partial charge in [-0.3, -0.25) is 4.79 Å². The van der Waals surface area contributed by atoms with Gasteiger partial charge in [0.25, 0.3) is 0 Å². The first-order valence-electron chi connectivity index (χ1n) is 5.18. The number of halogens is 2. The predicted octanol–water partition coefficient (Wildman–Crippen LogP) is 2.38. The van der Waals surface area contributed by atoms with Crippen LogP contribution >= 0.6 is 22.6 Å². The number of benzene rings is 1. The first kappa shape index (κ1) is 14.0. The van der Waals surface area contributed by atoms with E-state index in [2.05, 4.69) is 5.32 Å². The summed E-state index contributed by atoms with van der Waals surface area (Å²) in [5.74, 6) is -0.622. The fourth-order valence-corrected chi connectivity index (χ4v) is 1.74. The number of nitrogens with one attached hydrogen (secondary N) is 1. The van der Waals surface area contributed by atoms with Gasteiger partial charge in [-0.05, 0) is 35.6 Å². The minimum absolute atomic E-state index is 0.223. The SMILES string of the molecule is CCOC(=O)CCNc1cc(F)c(I)cc1N. The molecule has 0 aliphatic heterocycles. The van der Waals surface area contributed by atoms with Gasteiger partial charge in [0.2, 0.25) is 0 Å². The van der Waals surface area contributed by atoms with Crippen molar-refractivity contribution in [3.05, 3.63) is 21.5 Å². The lowest BCUT2D eigenvalue weighted by Gasteiger charge is -2.09. The number of ether oxygens (including phenoxy) is 1. The van der Waals surface area contributed by atoms with Crippen LogP contribution in [0.3, 0.4) is 0 Å². The van der Waals surface area contributed by atoms with E-state index in [9.17, 15) is 9.18 Å². The van der Waals surface area contributed by atoms with Crippen LogP contribution in [0.5, 0.6) is 0 Å². The molecule has 0 bridgehead atoms. The molecule has 0 aliphatic rings. The molecule has 94 valence electrons. The lowest BCUT2D eigenvalue weighted by atomic mass is 10.2. The van der Waals surface area contributed by atoms with Crippen molar-refractivity contribution in [2.24, 2.45) is 0 Å². The van der Waals surface area contributed by atoms with Crippen molar-refractivity contribution >= 4 is 39.9 Å². The van der Waals surface area contributed by atoms with Crippen molar-refractivity contribution in [1.82, 2.24) is 0 Å². The quantitative estimate of drug-likeness (QED) is 0.485. The van der Waals surface area contributed by atoms with Crippen LogP contribution in [0, 0.1) is 9.39 Å². The Morgan fingerprint density at radius 1 is 1.59 bits per heavy atom. The molecule has 0 aromatic heterocycles. The monoisotopic (exact) mass is 352 g/mol. The topological polar surface area (TPSA) is 64.3 Å². The van der Waals surface area contributed by atoms with Crippen LogP contribution in [-0.4, -0.2) is 19.1 Å². The van der Waals surface area contributed by atoms with Crippen LogP contribution in [0.2, 0.25) is 0 Å². The molecule has 0 amide bonds. The van der Waals surface area contributed by atoms with E-state index < -0.39 is 0 Å². The molecule has 1 rings (SSSR count). The van der Waals surface area contributed by atoms with E-state index in [0.29, 0.717) is 28.1 Å². The summed E-state index contributed by atoms with van der Waals surface area (Å²) in [6.07, 6.45) is 0.223. The highest BCUT2D eigenvalue weighted by Crippen LogP contribution is 2.23. The summed E-state index contributed by atoms with van der Waals surface area (Å²) >= 11 is 1.87. The van der Waals surface area contributed by atoms with Crippen molar-refractivity contribution in [2.45, 2.75) is 13.3 Å². The van der Waals surface area contributed by atoms with E-state index in [4.69, 9.17) is 10.5 Å². The molecule has 0 atom stereocenters. The van der Waals surface area contributed by atoms with Gasteiger partial charge in [-0.1, -0.05) is 0 Å². The van der Waals surface area contributed by atoms with Crippen molar-refractivity contribution in [2.75, 3.05) is 24.2 Å². The Hall–Kier alpha value is -1.05. The fraction of sp³-hybridized carbons (Fsp3) is 0.364. The number of hydrogen-bond donors (Lipinski definition) is 2. The lowest BCUT2D eigenvalue weighted by Crippen LogP contribution is -2.12. The van der Waals surface area contributed by atoms with E-state index in [1.165, 1.54) is 6.07 Å². The average Bonchev–Trinajstić information content (AvgIpc) is 2.26. The molecule has 0 radical (unpaired) electrons. The highest BCUT2D eigenvalue weighted by Gasteiger charge is 2.06. The minimum atomic E-state index is -0.335. The Bertz CT molecular complexity index is 413. The smallest absolute Gasteiger partial charge is 0.307 e. The van der Waals surface area contributed by atoms with Gasteiger partial charge in [0.05, 0.1) is 28.0 Å². The maximum Gasteiger partial charge on any atom is 0.307 e. The van der Waals surface area contributed by atoms with Gasteiger partial charge in [-0.25, -0.2) is 4.39 Å². The number of nitrogen functional groups attached to an aromatic ring is 1. The molecule has 4 nitrogen and oxygen atoms in total. The van der Waals surface area contributed by atoms with E-state index in [0.717, 1.165) is 0 Å². The van der Waals surface area contributed by atoms with Crippen molar-refractivity contribution in [3.63, 3.8) is 0 Å². The molecule has 17 heavy (non-hydrogen) atoms. The average molecular weight is 352 g/mol. The van der Waals surface area contributed by atoms with Gasteiger partial charge in [-0.2, -0.15) is 0 Å². The molecule has 0 saturated heterocycles. The first-order valence-corrected chi connectivity index (χ1v) is 6.26. The Labute approximate surface area is 113 Å². The van der Waals surface area contributed by atoms with Gasteiger partial charge in [-0.15, -0.1) is 0 Å². The normalized spacial score (nSPS) is 10.1. The zero-order chi connectivity index (χ0) is 12.8. The summed E-state index contributed by atoms with van der Waals surface area (Å²) in [6, 6.07) is 2.87. The second-order valence-corrected chi connectivity index (χ2v) is 4.50. The Morgan fingerprint density at radius 2 is 2.29 bits per heavy atom. The van der Waals surface area contributed by atoms with E-state index in [-0.39, 0.29) is 18.2 Å². The van der Waals surface area contributed by atoms with Crippen molar-refractivity contribution in [1.29, 1.82) is 0 Å². The molecule has 6 heteroatoms. The summed E-state index contributed by atoms with van der Waals surface area (Å²) in [5, 5.41) is 2.90. The van der Waals surface area contributed by atoms with Crippen LogP contribution in [-0.2, 0) is 9.53 Å². The van der Waals surface area contributed by atoms with Gasteiger partial charge < -0.3 is 15.8 Å². The summed E-state index contributed by atoms with van der Waals surface area (Å²) < 4.78 is 18.5. The third kappa shape index (κ3) is 4.37. The Balaban J connectivity index is 2.52. The molecule has 0 unspecified atom stereocenters. The lowest BCUT2D eigenvalue weighted by molar-refractivity contribution is -0.142. The van der Waals surface area contributed by atoms with E-state index in [1.54, 1.807) is 13.0 Å². The third-order valence-electron chi connectivity index (χ3n) is 2.04. The molecule has 1 aromatic carbocycles. The Morgan fingerprint density at radius 3 is 2.94 bits per heavy atom. The fourth-order valence-electron chi connectivity index (χ4n) is 1.25. The molecular formula is C11H14FIN2O2. The minimum Gasteiger partial charge on any atom is -0.466 e. The predicted molar refractivity (Wildman–Crippen MR) is 73.3 cm³/mol. The van der Waals surface area contributed by atoms with Crippen LogP contribution < -0.4 is 11.1 Å². The van der Waals surface area contributed by atoms with Crippen LogP contribution in [0.25, 0.3) is 0 Å². The number of carbonyl (C=O) groups excluding carboxylic acids is 1. The number of anilines is 2. The summed E-state index contributed by atoms with van der Waals surface area (Å²) in [4.78, 5) is 11.1. The largest absolute Gasteiger partial charge is 0.466 e. The van der Waals surface area contributed by atoms with Crippen molar-refractivity contribution < 1.29 is 13.9 Å². The van der Waals surface area contributed by atoms with Crippen LogP contribution in [0.1, 0.15) is 13.3 Å². The summed E-state index contributed by atoms with van der Waals surface area (Å²) in [7, 11) is 0. The number of esters is 1. The second-order valence-electron chi connectivity index (χ2n) is 3.34.